The number of carbonyl (C=O) groups excluding carboxylic acids is 4. The average molecular weight is 997 g/mol. The zero-order chi connectivity index (χ0) is 50.1. The van der Waals surface area contributed by atoms with Gasteiger partial charge >= 0.3 is 0 Å². The normalized spacial score (nSPS) is 18.2. The number of aromatic nitrogens is 2. The minimum Gasteiger partial charge on any atom is -0.412 e. The molecule has 0 unspecified atom stereocenters. The van der Waals surface area contributed by atoms with Crippen LogP contribution in [-0.2, 0) is 19.2 Å². The Bertz CT molecular complexity index is 2510. The molecular formula is C54H72N14O5. The third-order valence-corrected chi connectivity index (χ3v) is 14.2. The van der Waals surface area contributed by atoms with Gasteiger partial charge in [0.05, 0.1) is 48.2 Å². The predicted octanol–water partition coefficient (Wildman–Crippen LogP) is 2.69. The van der Waals surface area contributed by atoms with Gasteiger partial charge in [-0.25, -0.2) is 9.97 Å². The van der Waals surface area contributed by atoms with Crippen LogP contribution in [0.25, 0.3) is 43.6 Å². The van der Waals surface area contributed by atoms with E-state index in [2.05, 4.69) is 101 Å². The highest BCUT2D eigenvalue weighted by Crippen LogP contribution is 2.27. The number of anilines is 4. The number of amides is 4. The van der Waals surface area contributed by atoms with Crippen LogP contribution in [0.15, 0.2) is 84.9 Å². The van der Waals surface area contributed by atoms with Crippen LogP contribution in [0.4, 0.5) is 22.7 Å². The molecule has 0 bridgehead atoms. The molecule has 0 saturated carbocycles. The smallest absolute Gasteiger partial charge is 0.238 e. The fourth-order valence-electron chi connectivity index (χ4n) is 9.59. The average Bonchev–Trinajstić information content (AvgIpc) is 3.35. The quantitative estimate of drug-likeness (QED) is 0.131. The van der Waals surface area contributed by atoms with Gasteiger partial charge < -0.3 is 46.3 Å². The van der Waals surface area contributed by atoms with Crippen molar-refractivity contribution in [2.75, 3.05) is 180 Å². The van der Waals surface area contributed by atoms with Gasteiger partial charge in [0.15, 0.2) is 0 Å². The fraction of sp³-hybridized carbons (Fsp3) is 0.444. The number of likely N-dealkylation sites (N-methyl/N-ethyl adjacent to an activating group) is 4. The molecule has 6 aromatic rings. The summed E-state index contributed by atoms with van der Waals surface area (Å²) in [6.07, 6.45) is 0. The molecule has 6 heterocycles. The number of piperazine rings is 4. The lowest BCUT2D eigenvalue weighted by Crippen LogP contribution is -2.47. The van der Waals surface area contributed by atoms with E-state index in [9.17, 15) is 19.2 Å². The number of hydrogen-bond acceptors (Lipinski definition) is 14. The van der Waals surface area contributed by atoms with E-state index in [-0.39, 0.29) is 29.1 Å². The molecule has 2 aromatic heterocycles. The molecule has 0 aliphatic carbocycles. The van der Waals surface area contributed by atoms with Gasteiger partial charge in [-0.2, -0.15) is 0 Å². The third kappa shape index (κ3) is 14.9. The number of carbonyl (C=O) groups is 4. The van der Waals surface area contributed by atoms with E-state index in [4.69, 9.17) is 9.97 Å². The summed E-state index contributed by atoms with van der Waals surface area (Å²) in [6.45, 7) is 16.7. The van der Waals surface area contributed by atoms with E-state index in [1.165, 1.54) is 0 Å². The van der Waals surface area contributed by atoms with Crippen molar-refractivity contribution in [1.29, 1.82) is 0 Å². The largest absolute Gasteiger partial charge is 0.412 e. The van der Waals surface area contributed by atoms with Crippen molar-refractivity contribution < 1.29 is 24.7 Å². The topological polar surface area (TPSA) is 200 Å². The van der Waals surface area contributed by atoms with E-state index in [1.54, 1.807) is 0 Å². The Labute approximate surface area is 427 Å². The van der Waals surface area contributed by atoms with Crippen molar-refractivity contribution in [3.63, 3.8) is 0 Å². The molecule has 0 atom stereocenters. The first-order valence-electron chi connectivity index (χ1n) is 25.3. The minimum atomic E-state index is -0.00922. The number of nitrogens with zero attached hydrogens (tertiary/aromatic N) is 10. The van der Waals surface area contributed by atoms with Crippen LogP contribution in [0.5, 0.6) is 0 Å². The summed E-state index contributed by atoms with van der Waals surface area (Å²) in [7, 11) is 8.42. The maximum Gasteiger partial charge on any atom is 0.238 e. The van der Waals surface area contributed by atoms with Crippen molar-refractivity contribution in [2.45, 2.75) is 0 Å². The van der Waals surface area contributed by atoms with Crippen molar-refractivity contribution in [3.8, 4) is 0 Å². The Morgan fingerprint density at radius 1 is 0.342 bits per heavy atom. The summed E-state index contributed by atoms with van der Waals surface area (Å²) >= 11 is 0. The first kappa shape index (κ1) is 53.0. The Morgan fingerprint density at radius 2 is 0.548 bits per heavy atom. The van der Waals surface area contributed by atoms with E-state index < -0.39 is 0 Å². The number of pyridine rings is 2. The monoisotopic (exact) mass is 997 g/mol. The summed E-state index contributed by atoms with van der Waals surface area (Å²) in [4.78, 5) is 77.8. The van der Waals surface area contributed by atoms with Gasteiger partial charge in [0.2, 0.25) is 23.6 Å². The maximum atomic E-state index is 12.6. The summed E-state index contributed by atoms with van der Waals surface area (Å²) in [5, 5.41) is 16.1. The molecule has 388 valence electrons. The molecule has 0 spiro atoms. The molecule has 4 aliphatic rings. The SMILES string of the molecule is CN1CCN(CC(=O)Nc2ccc3cc4ccc(NC(=O)CN5CCN(C)CC5)cc4nc3c2)CC1.CN1CCN(CC(=O)Nc2ccc3cc4ccc(NC(=O)CN5CCN(C)CC5)cc4nc3c2)CC1.O. The second-order valence-corrected chi connectivity index (χ2v) is 20.1. The lowest BCUT2D eigenvalue weighted by Gasteiger charge is -2.31. The molecule has 4 saturated heterocycles. The number of fused-ring (bicyclic) bond motifs is 4. The summed E-state index contributed by atoms with van der Waals surface area (Å²) in [5.41, 5.74) is 6.19. The van der Waals surface area contributed by atoms with Gasteiger partial charge in [-0.1, -0.05) is 24.3 Å². The molecule has 6 N–H and O–H groups in total. The van der Waals surface area contributed by atoms with Crippen LogP contribution < -0.4 is 21.3 Å². The van der Waals surface area contributed by atoms with Crippen LogP contribution in [0.3, 0.4) is 0 Å². The first-order chi connectivity index (χ1) is 34.8. The highest BCUT2D eigenvalue weighted by atomic mass is 16.2. The van der Waals surface area contributed by atoms with Crippen LogP contribution in [-0.4, -0.2) is 237 Å². The van der Waals surface area contributed by atoms with Crippen molar-refractivity contribution >= 4 is 90.0 Å². The van der Waals surface area contributed by atoms with Crippen LogP contribution >= 0.6 is 0 Å². The van der Waals surface area contributed by atoms with Gasteiger partial charge in [-0.15, -0.1) is 0 Å². The number of benzene rings is 4. The van der Waals surface area contributed by atoms with Crippen LogP contribution in [0.1, 0.15) is 0 Å². The molecule has 0 radical (unpaired) electrons. The van der Waals surface area contributed by atoms with Gasteiger partial charge in [0, 0.05) is 149 Å². The molecule has 4 aliphatic heterocycles. The van der Waals surface area contributed by atoms with Gasteiger partial charge in [0.1, 0.15) is 0 Å². The van der Waals surface area contributed by atoms with E-state index in [1.807, 2.05) is 72.8 Å². The highest BCUT2D eigenvalue weighted by molar-refractivity contribution is 6.01. The van der Waals surface area contributed by atoms with Crippen LogP contribution in [0, 0.1) is 0 Å². The molecule has 4 aromatic carbocycles. The molecule has 10 rings (SSSR count). The zero-order valence-corrected chi connectivity index (χ0v) is 42.8. The van der Waals surface area contributed by atoms with E-state index in [0.717, 1.165) is 171 Å². The molecule has 4 amide bonds. The van der Waals surface area contributed by atoms with E-state index in [0.29, 0.717) is 26.2 Å². The number of nitrogens with one attached hydrogen (secondary N) is 4. The minimum absolute atomic E-state index is 0. The van der Waals surface area contributed by atoms with Crippen molar-refractivity contribution in [3.05, 3.63) is 84.9 Å². The lowest BCUT2D eigenvalue weighted by atomic mass is 10.1. The molecule has 4 fully saturated rings. The first-order valence-corrected chi connectivity index (χ1v) is 25.3. The standard InChI is InChI=1S/2C27H35N7O2.H2O/c2*1-31-7-11-33(12-8-31)18-26(35)28-22-5-3-20-15-21-4-6-23(17-25(21)30-24(20)16-22)29-27(36)19-34-13-9-32(2)10-14-34;/h2*3-6,15-17H,7-14,18-19H2,1-2H3,(H,28,35)(H,29,36);1H2. The maximum absolute atomic E-state index is 12.6. The molecular weight excluding hydrogens is 925 g/mol. The Morgan fingerprint density at radius 3 is 0.753 bits per heavy atom. The number of rotatable bonds is 12. The number of hydrogen-bond donors (Lipinski definition) is 4. The third-order valence-electron chi connectivity index (χ3n) is 14.2. The Kier molecular flexibility index (Phi) is 17.9. The predicted molar refractivity (Wildman–Crippen MR) is 292 cm³/mol. The Balaban J connectivity index is 0.000000192. The van der Waals surface area contributed by atoms with Crippen LogP contribution in [0.2, 0.25) is 0 Å². The molecule has 19 nitrogen and oxygen atoms in total. The lowest BCUT2D eigenvalue weighted by molar-refractivity contribution is -0.118. The molecule has 73 heavy (non-hydrogen) atoms. The Hall–Kier alpha value is -6.26. The van der Waals surface area contributed by atoms with Gasteiger partial charge in [0.25, 0.3) is 0 Å². The van der Waals surface area contributed by atoms with E-state index >= 15 is 0 Å². The summed E-state index contributed by atoms with van der Waals surface area (Å²) in [6, 6.07) is 27.4. The molecule has 19 heteroatoms. The van der Waals surface area contributed by atoms with Crippen molar-refractivity contribution in [1.82, 2.24) is 49.2 Å². The van der Waals surface area contributed by atoms with Gasteiger partial charge in [-0.05, 0) is 88.9 Å². The second-order valence-electron chi connectivity index (χ2n) is 20.1. The van der Waals surface area contributed by atoms with Crippen molar-refractivity contribution in [2.24, 2.45) is 0 Å². The summed E-state index contributed by atoms with van der Waals surface area (Å²) < 4.78 is 0. The fourth-order valence-corrected chi connectivity index (χ4v) is 9.59. The van der Waals surface area contributed by atoms with Gasteiger partial charge in [-0.3, -0.25) is 38.8 Å². The highest BCUT2D eigenvalue weighted by Gasteiger charge is 2.21. The summed E-state index contributed by atoms with van der Waals surface area (Å²) in [5.74, 6) is -0.0369. The zero-order valence-electron chi connectivity index (χ0n) is 42.8. The second kappa shape index (κ2) is 24.6.